The van der Waals surface area contributed by atoms with E-state index in [-0.39, 0.29) is 0 Å². The zero-order chi connectivity index (χ0) is 41.2. The summed E-state index contributed by atoms with van der Waals surface area (Å²) >= 11 is 0. The van der Waals surface area contributed by atoms with Crippen LogP contribution in [0.5, 0.6) is 0 Å². The number of pyridine rings is 2. The van der Waals surface area contributed by atoms with Crippen molar-refractivity contribution in [2.24, 2.45) is 0 Å². The molecule has 0 N–H and O–H groups in total. The maximum Gasteiger partial charge on any atom is 0.159 e. The van der Waals surface area contributed by atoms with E-state index in [1.165, 1.54) is 11.1 Å². The zero-order valence-corrected chi connectivity index (χ0v) is 33.5. The lowest BCUT2D eigenvalue weighted by Crippen LogP contribution is -1.96. The molecule has 7 aromatic carbocycles. The van der Waals surface area contributed by atoms with Crippen LogP contribution in [0.1, 0.15) is 0 Å². The molecule has 0 unspecified atom stereocenters. The average Bonchev–Trinajstić information content (AvgIpc) is 3.37. The minimum Gasteiger partial charge on any atom is -0.245 e. The van der Waals surface area contributed by atoms with Gasteiger partial charge in [0.25, 0.3) is 0 Å². The molecule has 0 fully saturated rings. The molecule has 0 bridgehead atoms. The Bertz CT molecular complexity index is 3090. The van der Waals surface area contributed by atoms with Crippen molar-refractivity contribution in [2.75, 3.05) is 0 Å². The number of benzene rings is 7. The molecule has 0 saturated carbocycles. The monoisotopic (exact) mass is 792 g/mol. The van der Waals surface area contributed by atoms with E-state index in [1.807, 2.05) is 24.3 Å². The van der Waals surface area contributed by atoms with Crippen molar-refractivity contribution in [1.82, 2.24) is 29.9 Å². The predicted octanol–water partition coefficient (Wildman–Crippen LogP) is 13.7. The molecule has 4 heterocycles. The van der Waals surface area contributed by atoms with Crippen LogP contribution in [0.25, 0.3) is 112 Å². The molecule has 0 aliphatic rings. The van der Waals surface area contributed by atoms with Crippen LogP contribution in [0, 0.1) is 0 Å². The summed E-state index contributed by atoms with van der Waals surface area (Å²) < 4.78 is 0. The van der Waals surface area contributed by atoms with Crippen LogP contribution in [0.15, 0.2) is 219 Å². The maximum atomic E-state index is 5.51. The molecule has 0 saturated heterocycles. The van der Waals surface area contributed by atoms with Crippen molar-refractivity contribution in [2.45, 2.75) is 0 Å². The molecule has 11 rings (SSSR count). The zero-order valence-electron chi connectivity index (χ0n) is 33.5. The second-order valence-electron chi connectivity index (χ2n) is 15.2. The van der Waals surface area contributed by atoms with Gasteiger partial charge < -0.3 is 0 Å². The van der Waals surface area contributed by atoms with E-state index in [0.717, 1.165) is 88.8 Å². The molecule has 4 aromatic heterocycles. The number of fused-ring (bicyclic) bond motifs is 3. The number of rotatable bonds is 8. The summed E-state index contributed by atoms with van der Waals surface area (Å²) in [6.45, 7) is 0. The topological polar surface area (TPSA) is 77.3 Å². The first-order valence-electron chi connectivity index (χ1n) is 20.6. The van der Waals surface area contributed by atoms with Gasteiger partial charge >= 0.3 is 0 Å². The van der Waals surface area contributed by atoms with Crippen LogP contribution in [-0.4, -0.2) is 29.9 Å². The van der Waals surface area contributed by atoms with Crippen LogP contribution in [0.3, 0.4) is 0 Å². The van der Waals surface area contributed by atoms with Crippen LogP contribution >= 0.6 is 0 Å². The molecule has 62 heavy (non-hydrogen) atoms. The van der Waals surface area contributed by atoms with Crippen molar-refractivity contribution >= 4 is 21.8 Å². The first kappa shape index (κ1) is 36.6. The van der Waals surface area contributed by atoms with Gasteiger partial charge in [-0.1, -0.05) is 170 Å². The summed E-state index contributed by atoms with van der Waals surface area (Å²) in [5.41, 5.74) is 16.2. The highest BCUT2D eigenvalue weighted by atomic mass is 14.9. The quantitative estimate of drug-likeness (QED) is 0.143. The van der Waals surface area contributed by atoms with Gasteiger partial charge in [0.1, 0.15) is 0 Å². The van der Waals surface area contributed by atoms with Crippen molar-refractivity contribution in [3.63, 3.8) is 0 Å². The predicted molar refractivity (Wildman–Crippen MR) is 252 cm³/mol. The fourth-order valence-electron chi connectivity index (χ4n) is 8.17. The highest BCUT2D eigenvalue weighted by molar-refractivity contribution is 6.13. The minimum atomic E-state index is 0.689. The number of hydrogen-bond acceptors (Lipinski definition) is 6. The molecule has 0 spiro atoms. The largest absolute Gasteiger partial charge is 0.245 e. The van der Waals surface area contributed by atoms with Gasteiger partial charge in [0.05, 0.1) is 22.4 Å². The first-order chi connectivity index (χ1) is 30.7. The number of aromatic nitrogens is 6. The molecule has 6 heteroatoms. The normalized spacial score (nSPS) is 11.2. The lowest BCUT2D eigenvalue weighted by molar-refractivity contribution is 1.18. The van der Waals surface area contributed by atoms with Crippen LogP contribution in [0.4, 0.5) is 0 Å². The van der Waals surface area contributed by atoms with Gasteiger partial charge in [-0.3, -0.25) is 0 Å². The van der Waals surface area contributed by atoms with Crippen LogP contribution < -0.4 is 0 Å². The Morgan fingerprint density at radius 3 is 0.919 bits per heavy atom. The van der Waals surface area contributed by atoms with E-state index in [0.29, 0.717) is 11.6 Å². The van der Waals surface area contributed by atoms with Crippen molar-refractivity contribution in [3.8, 4) is 89.8 Å². The second kappa shape index (κ2) is 15.9. The first-order valence-corrected chi connectivity index (χ1v) is 20.6. The van der Waals surface area contributed by atoms with Gasteiger partial charge in [0.15, 0.2) is 11.6 Å². The molecule has 0 amide bonds. The summed E-state index contributed by atoms with van der Waals surface area (Å²) in [5, 5.41) is 2.02. The number of nitrogens with zero attached hydrogens (tertiary/aromatic N) is 6. The molecule has 0 atom stereocenters. The number of hydrogen-bond donors (Lipinski definition) is 0. The maximum absolute atomic E-state index is 5.51. The fraction of sp³-hybridized carbons (Fsp3) is 0. The molecule has 0 aliphatic carbocycles. The third kappa shape index (κ3) is 7.06. The second-order valence-corrected chi connectivity index (χ2v) is 15.2. The molecule has 0 radical (unpaired) electrons. The Kier molecular flexibility index (Phi) is 9.41. The van der Waals surface area contributed by atoms with E-state index in [1.54, 1.807) is 24.8 Å². The Labute approximate surface area is 359 Å². The standard InChI is InChI=1S/C56H36N6/c1-3-9-37(10-4-1)39-13-21-43(22-14-39)51-35-49(41-17-25-45(26-18-41)55-57-31-7-32-58-55)47-29-30-48-50(42-19-27-46(28-20-42)56-59-33-8-34-60-56)36-52(62-54(48)53(47)61-51)44-23-15-40(16-24-44)38-11-5-2-6-12-38/h1-36H. The van der Waals surface area contributed by atoms with Crippen molar-refractivity contribution in [1.29, 1.82) is 0 Å². The van der Waals surface area contributed by atoms with Crippen LogP contribution in [-0.2, 0) is 0 Å². The molecule has 0 aliphatic heterocycles. The Morgan fingerprint density at radius 2 is 0.548 bits per heavy atom. The summed E-state index contributed by atoms with van der Waals surface area (Å²) in [5.74, 6) is 1.38. The summed E-state index contributed by atoms with van der Waals surface area (Å²) in [6, 6.07) is 67.7. The van der Waals surface area contributed by atoms with E-state index in [9.17, 15) is 0 Å². The van der Waals surface area contributed by atoms with E-state index in [4.69, 9.17) is 9.97 Å². The summed E-state index contributed by atoms with van der Waals surface area (Å²) in [7, 11) is 0. The summed E-state index contributed by atoms with van der Waals surface area (Å²) in [6.07, 6.45) is 7.08. The Morgan fingerprint density at radius 1 is 0.242 bits per heavy atom. The molecule has 11 aromatic rings. The van der Waals surface area contributed by atoms with Crippen molar-refractivity contribution in [3.05, 3.63) is 219 Å². The van der Waals surface area contributed by atoms with Crippen molar-refractivity contribution < 1.29 is 0 Å². The van der Waals surface area contributed by atoms with E-state index < -0.39 is 0 Å². The van der Waals surface area contributed by atoms with E-state index in [2.05, 4.69) is 190 Å². The van der Waals surface area contributed by atoms with Gasteiger partial charge in [0, 0.05) is 57.8 Å². The molecule has 6 nitrogen and oxygen atoms in total. The highest BCUT2D eigenvalue weighted by Crippen LogP contribution is 2.40. The highest BCUT2D eigenvalue weighted by Gasteiger charge is 2.18. The molecular weight excluding hydrogens is 757 g/mol. The van der Waals surface area contributed by atoms with Gasteiger partial charge in [-0.15, -0.1) is 0 Å². The Balaban J connectivity index is 1.12. The fourth-order valence-corrected chi connectivity index (χ4v) is 8.17. The minimum absolute atomic E-state index is 0.689. The lowest BCUT2D eigenvalue weighted by atomic mass is 9.93. The van der Waals surface area contributed by atoms with Gasteiger partial charge in [-0.05, 0) is 68.8 Å². The van der Waals surface area contributed by atoms with Crippen LogP contribution in [0.2, 0.25) is 0 Å². The Hall–Kier alpha value is -8.48. The third-order valence-electron chi connectivity index (χ3n) is 11.4. The van der Waals surface area contributed by atoms with Gasteiger partial charge in [-0.2, -0.15) is 0 Å². The molecular formula is C56H36N6. The summed E-state index contributed by atoms with van der Waals surface area (Å²) in [4.78, 5) is 29.0. The lowest BCUT2D eigenvalue weighted by Gasteiger charge is -2.16. The van der Waals surface area contributed by atoms with Gasteiger partial charge in [-0.25, -0.2) is 29.9 Å². The smallest absolute Gasteiger partial charge is 0.159 e. The van der Waals surface area contributed by atoms with E-state index >= 15 is 0 Å². The SMILES string of the molecule is c1ccc(-c2ccc(-c3cc(-c4ccc(-c5ncccn5)cc4)c4ccc5c(-c6ccc(-c7ncccn7)cc6)cc(-c6ccc(-c7ccccc7)cc6)nc5c4n3)cc2)cc1. The molecule has 290 valence electrons. The third-order valence-corrected chi connectivity index (χ3v) is 11.4. The average molecular weight is 793 g/mol. The van der Waals surface area contributed by atoms with Gasteiger partial charge in [0.2, 0.25) is 0 Å².